The quantitative estimate of drug-likeness (QED) is 0.653. The van der Waals surface area contributed by atoms with Crippen LogP contribution in [0.5, 0.6) is 0 Å². The van der Waals surface area contributed by atoms with Gasteiger partial charge < -0.3 is 4.40 Å². The Hall–Kier alpha value is -0.830. The number of hydrogen-bond donors (Lipinski definition) is 0. The van der Waals surface area contributed by atoms with E-state index in [0.717, 1.165) is 10.1 Å². The summed E-state index contributed by atoms with van der Waals surface area (Å²) in [4.78, 5) is 4.20. The first-order valence-corrected chi connectivity index (χ1v) is 4.16. The smallest absolute Gasteiger partial charge is 0.151 e. The molecule has 0 unspecified atom stereocenters. The predicted octanol–water partition coefficient (Wildman–Crippen LogP) is 2.41. The van der Waals surface area contributed by atoms with Crippen LogP contribution < -0.4 is 0 Å². The highest BCUT2D eigenvalue weighted by atomic mass is 79.9. The van der Waals surface area contributed by atoms with Gasteiger partial charge >= 0.3 is 0 Å². The summed E-state index contributed by atoms with van der Waals surface area (Å²) >= 11 is 3.48. The van der Waals surface area contributed by atoms with Crippen LogP contribution in [0.4, 0.5) is 0 Å². The Morgan fingerprint density at radius 1 is 1.45 bits per heavy atom. The van der Waals surface area contributed by atoms with Crippen molar-refractivity contribution in [2.24, 2.45) is 0 Å². The van der Waals surface area contributed by atoms with Crippen molar-refractivity contribution in [1.29, 1.82) is 0 Å². The molecule has 0 spiro atoms. The zero-order valence-electron chi connectivity index (χ0n) is 6.08. The molecule has 2 nitrogen and oxygen atoms in total. The van der Waals surface area contributed by atoms with Crippen LogP contribution in [0.25, 0.3) is 5.65 Å². The van der Waals surface area contributed by atoms with Crippen LogP contribution in [0.3, 0.4) is 0 Å². The number of aromatic nitrogens is 2. The van der Waals surface area contributed by atoms with Crippen LogP contribution in [0.1, 0.15) is 5.56 Å². The van der Waals surface area contributed by atoms with Gasteiger partial charge in [0.25, 0.3) is 0 Å². The summed E-state index contributed by atoms with van der Waals surface area (Å²) in [5, 5.41) is 0. The summed E-state index contributed by atoms with van der Waals surface area (Å²) in [7, 11) is 0. The molecule has 0 aliphatic carbocycles. The third-order valence-corrected chi connectivity index (χ3v) is 2.68. The van der Waals surface area contributed by atoms with Crippen molar-refractivity contribution in [3.05, 3.63) is 34.7 Å². The van der Waals surface area contributed by atoms with E-state index < -0.39 is 0 Å². The maximum Gasteiger partial charge on any atom is 0.151 e. The lowest BCUT2D eigenvalue weighted by Gasteiger charge is -1.98. The molecule has 11 heavy (non-hydrogen) atoms. The first-order valence-electron chi connectivity index (χ1n) is 3.37. The number of hydrogen-bond acceptors (Lipinski definition) is 1. The summed E-state index contributed by atoms with van der Waals surface area (Å²) in [5.41, 5.74) is 2.19. The molecule has 3 heteroatoms. The van der Waals surface area contributed by atoms with Gasteiger partial charge in [0.2, 0.25) is 0 Å². The van der Waals surface area contributed by atoms with Gasteiger partial charge in [-0.15, -0.1) is 0 Å². The van der Waals surface area contributed by atoms with Gasteiger partial charge in [-0.1, -0.05) is 0 Å². The number of aryl methyl sites for hydroxylation is 1. The minimum atomic E-state index is 0.977. The summed E-state index contributed by atoms with van der Waals surface area (Å²) in [5.74, 6) is 0. The van der Waals surface area contributed by atoms with E-state index in [4.69, 9.17) is 0 Å². The Balaban J connectivity index is 2.93. The Labute approximate surface area is 73.0 Å². The van der Waals surface area contributed by atoms with E-state index in [1.807, 2.05) is 16.8 Å². The lowest BCUT2D eigenvalue weighted by molar-refractivity contribution is 1.16. The average Bonchev–Trinajstić information content (AvgIpc) is 2.45. The van der Waals surface area contributed by atoms with Crippen molar-refractivity contribution in [3.8, 4) is 0 Å². The molecule has 0 radical (unpaired) electrons. The van der Waals surface area contributed by atoms with Gasteiger partial charge in [0.1, 0.15) is 0 Å². The van der Waals surface area contributed by atoms with E-state index in [2.05, 4.69) is 33.9 Å². The van der Waals surface area contributed by atoms with Gasteiger partial charge in [-0.25, -0.2) is 4.98 Å². The first-order chi connectivity index (χ1) is 5.29. The van der Waals surface area contributed by atoms with Crippen LogP contribution in [0, 0.1) is 6.92 Å². The maximum absolute atomic E-state index is 4.20. The fourth-order valence-corrected chi connectivity index (χ4v) is 1.48. The molecule has 0 bridgehead atoms. The second kappa shape index (κ2) is 2.34. The molecule has 2 aromatic heterocycles. The molecular formula is C8H7BrN2. The van der Waals surface area contributed by atoms with Crippen molar-refractivity contribution in [2.45, 2.75) is 6.92 Å². The zero-order valence-corrected chi connectivity index (χ0v) is 7.67. The molecule has 0 aromatic carbocycles. The van der Waals surface area contributed by atoms with Crippen LogP contribution in [-0.4, -0.2) is 9.38 Å². The van der Waals surface area contributed by atoms with Crippen molar-refractivity contribution >= 4 is 21.6 Å². The predicted molar refractivity (Wildman–Crippen MR) is 47.6 cm³/mol. The third kappa shape index (κ3) is 0.959. The van der Waals surface area contributed by atoms with Gasteiger partial charge in [-0.2, -0.15) is 0 Å². The summed E-state index contributed by atoms with van der Waals surface area (Å²) in [6, 6.07) is 2.05. The Morgan fingerprint density at radius 3 is 3.09 bits per heavy atom. The van der Waals surface area contributed by atoms with Crippen molar-refractivity contribution in [2.75, 3.05) is 0 Å². The summed E-state index contributed by atoms with van der Waals surface area (Å²) < 4.78 is 3.06. The van der Waals surface area contributed by atoms with Gasteiger partial charge in [0.05, 0.1) is 4.47 Å². The number of pyridine rings is 1. The third-order valence-electron chi connectivity index (χ3n) is 1.70. The molecule has 0 saturated heterocycles. The molecular weight excluding hydrogens is 204 g/mol. The van der Waals surface area contributed by atoms with E-state index >= 15 is 0 Å². The standard InChI is InChI=1S/C8H7BrN2/c1-6-2-4-11-5-3-10-8(11)7(6)9/h2-5H,1H3. The highest BCUT2D eigenvalue weighted by Gasteiger charge is 2.00. The van der Waals surface area contributed by atoms with Gasteiger partial charge in [0.15, 0.2) is 5.65 Å². The molecule has 0 aliphatic rings. The fourth-order valence-electron chi connectivity index (χ4n) is 1.04. The van der Waals surface area contributed by atoms with Gasteiger partial charge in [-0.3, -0.25) is 0 Å². The minimum absolute atomic E-state index is 0.977. The topological polar surface area (TPSA) is 17.3 Å². The molecule has 0 atom stereocenters. The maximum atomic E-state index is 4.20. The van der Waals surface area contributed by atoms with Crippen LogP contribution in [-0.2, 0) is 0 Å². The number of rotatable bonds is 0. The molecule has 0 fully saturated rings. The van der Waals surface area contributed by atoms with E-state index in [1.54, 1.807) is 6.20 Å². The number of nitrogens with zero attached hydrogens (tertiary/aromatic N) is 2. The lowest BCUT2D eigenvalue weighted by Crippen LogP contribution is -1.85. The average molecular weight is 211 g/mol. The second-order valence-corrected chi connectivity index (χ2v) is 3.26. The lowest BCUT2D eigenvalue weighted by atomic mass is 10.3. The minimum Gasteiger partial charge on any atom is -0.306 e. The molecule has 56 valence electrons. The highest BCUT2D eigenvalue weighted by Crippen LogP contribution is 2.19. The van der Waals surface area contributed by atoms with Crippen LogP contribution >= 0.6 is 15.9 Å². The van der Waals surface area contributed by atoms with Crippen molar-refractivity contribution < 1.29 is 0 Å². The van der Waals surface area contributed by atoms with Crippen LogP contribution in [0.15, 0.2) is 29.1 Å². The SMILES string of the molecule is Cc1ccn2ccnc2c1Br. The van der Waals surface area contributed by atoms with E-state index in [-0.39, 0.29) is 0 Å². The van der Waals surface area contributed by atoms with Gasteiger partial charge in [-0.05, 0) is 34.5 Å². The molecule has 0 saturated carbocycles. The molecule has 0 N–H and O–H groups in total. The number of fused-ring (bicyclic) bond motifs is 1. The van der Waals surface area contributed by atoms with E-state index in [9.17, 15) is 0 Å². The second-order valence-electron chi connectivity index (χ2n) is 2.47. The van der Waals surface area contributed by atoms with E-state index in [0.29, 0.717) is 0 Å². The first kappa shape index (κ1) is 6.85. The molecule has 0 aliphatic heterocycles. The highest BCUT2D eigenvalue weighted by molar-refractivity contribution is 9.10. The molecule has 2 heterocycles. The Bertz CT molecular complexity index is 392. The monoisotopic (exact) mass is 210 g/mol. The van der Waals surface area contributed by atoms with E-state index in [1.165, 1.54) is 5.56 Å². The largest absolute Gasteiger partial charge is 0.306 e. The molecule has 2 rings (SSSR count). The number of halogens is 1. The zero-order chi connectivity index (χ0) is 7.84. The number of imidazole rings is 1. The normalized spacial score (nSPS) is 10.7. The molecule has 2 aromatic rings. The van der Waals surface area contributed by atoms with Crippen molar-refractivity contribution in [3.63, 3.8) is 0 Å². The molecule has 0 amide bonds. The fraction of sp³-hybridized carbons (Fsp3) is 0.125. The van der Waals surface area contributed by atoms with Crippen molar-refractivity contribution in [1.82, 2.24) is 9.38 Å². The van der Waals surface area contributed by atoms with Gasteiger partial charge in [0, 0.05) is 18.6 Å². The summed E-state index contributed by atoms with van der Waals surface area (Å²) in [6.45, 7) is 2.05. The van der Waals surface area contributed by atoms with Crippen LogP contribution in [0.2, 0.25) is 0 Å². The Kier molecular flexibility index (Phi) is 1.46. The Morgan fingerprint density at radius 2 is 2.27 bits per heavy atom. The summed E-state index contributed by atoms with van der Waals surface area (Å²) in [6.07, 6.45) is 5.72.